The van der Waals surface area contributed by atoms with Crippen molar-refractivity contribution in [1.82, 2.24) is 9.13 Å². The number of carbonyl (C=O) groups is 1. The number of para-hydroxylation sites is 1. The molecular weight excluding hydrogens is 442 g/mol. The summed E-state index contributed by atoms with van der Waals surface area (Å²) in [6, 6.07) is 15.9. The van der Waals surface area contributed by atoms with Gasteiger partial charge in [-0.3, -0.25) is 18.7 Å². The number of rotatable bonds is 8. The normalized spacial score (nSPS) is 10.8. The zero-order valence-electron chi connectivity index (χ0n) is 18.2. The van der Waals surface area contributed by atoms with Gasteiger partial charge in [0.15, 0.2) is 0 Å². The SMILES string of the molecule is CCOc1ccc(NC(=O)Cn2c(=O)n(Cc3ccccc3OC)c(=O)c3sccc32)cc1. The van der Waals surface area contributed by atoms with Crippen LogP contribution in [0.4, 0.5) is 5.69 Å². The van der Waals surface area contributed by atoms with Gasteiger partial charge in [0.2, 0.25) is 5.91 Å². The number of carbonyl (C=O) groups excluding carboxylic acids is 1. The summed E-state index contributed by atoms with van der Waals surface area (Å²) >= 11 is 1.24. The molecule has 4 aromatic rings. The van der Waals surface area contributed by atoms with Gasteiger partial charge in [-0.05, 0) is 48.7 Å². The second-order valence-electron chi connectivity index (χ2n) is 7.21. The summed E-state index contributed by atoms with van der Waals surface area (Å²) in [5.74, 6) is 0.904. The van der Waals surface area contributed by atoms with Crippen LogP contribution in [0.2, 0.25) is 0 Å². The Morgan fingerprint density at radius 2 is 1.79 bits per heavy atom. The van der Waals surface area contributed by atoms with Crippen molar-refractivity contribution in [3.05, 3.63) is 86.4 Å². The number of hydrogen-bond donors (Lipinski definition) is 1. The highest BCUT2D eigenvalue weighted by atomic mass is 32.1. The van der Waals surface area contributed by atoms with E-state index >= 15 is 0 Å². The summed E-state index contributed by atoms with van der Waals surface area (Å²) in [4.78, 5) is 39.1. The number of benzene rings is 2. The van der Waals surface area contributed by atoms with E-state index in [0.29, 0.717) is 39.6 Å². The number of nitrogens with zero attached hydrogens (tertiary/aromatic N) is 2. The summed E-state index contributed by atoms with van der Waals surface area (Å²) in [6.45, 7) is 2.25. The highest BCUT2D eigenvalue weighted by Gasteiger charge is 2.18. The Hall–Kier alpha value is -3.85. The molecule has 9 heteroatoms. The second kappa shape index (κ2) is 9.74. The molecule has 2 aromatic heterocycles. The molecular formula is C24H23N3O5S. The number of thiophene rings is 1. The Morgan fingerprint density at radius 1 is 1.03 bits per heavy atom. The molecule has 2 aromatic carbocycles. The number of methoxy groups -OCH3 is 1. The van der Waals surface area contributed by atoms with Crippen molar-refractivity contribution in [3.8, 4) is 11.5 Å². The first-order valence-electron chi connectivity index (χ1n) is 10.4. The topological polar surface area (TPSA) is 91.6 Å². The summed E-state index contributed by atoms with van der Waals surface area (Å²) in [5, 5.41) is 4.52. The lowest BCUT2D eigenvalue weighted by atomic mass is 10.2. The van der Waals surface area contributed by atoms with Crippen LogP contribution in [-0.2, 0) is 17.9 Å². The van der Waals surface area contributed by atoms with Crippen LogP contribution in [-0.4, -0.2) is 28.8 Å². The quantitative estimate of drug-likeness (QED) is 0.431. The number of ether oxygens (including phenoxy) is 2. The van der Waals surface area contributed by atoms with E-state index in [4.69, 9.17) is 9.47 Å². The molecule has 0 aliphatic heterocycles. The minimum Gasteiger partial charge on any atom is -0.496 e. The molecule has 0 spiro atoms. The molecule has 0 unspecified atom stereocenters. The lowest BCUT2D eigenvalue weighted by Crippen LogP contribution is -2.41. The first kappa shape index (κ1) is 22.3. The molecule has 4 rings (SSSR count). The fourth-order valence-electron chi connectivity index (χ4n) is 3.57. The molecule has 2 heterocycles. The molecule has 0 fully saturated rings. The molecule has 1 N–H and O–H groups in total. The van der Waals surface area contributed by atoms with Crippen molar-refractivity contribution < 1.29 is 14.3 Å². The maximum Gasteiger partial charge on any atom is 0.332 e. The third-order valence-electron chi connectivity index (χ3n) is 5.11. The zero-order valence-corrected chi connectivity index (χ0v) is 19.1. The minimum absolute atomic E-state index is 0.0377. The second-order valence-corrected chi connectivity index (χ2v) is 8.13. The van der Waals surface area contributed by atoms with Crippen molar-refractivity contribution >= 4 is 33.1 Å². The van der Waals surface area contributed by atoms with Crippen LogP contribution < -0.4 is 26.0 Å². The van der Waals surface area contributed by atoms with Gasteiger partial charge in [0.05, 0.1) is 25.8 Å². The van der Waals surface area contributed by atoms with Gasteiger partial charge in [-0.1, -0.05) is 18.2 Å². The molecule has 0 saturated carbocycles. The Bertz CT molecular complexity index is 1400. The van der Waals surface area contributed by atoms with Crippen LogP contribution >= 0.6 is 11.3 Å². The van der Waals surface area contributed by atoms with Crippen LogP contribution in [0.1, 0.15) is 12.5 Å². The molecule has 0 bridgehead atoms. The monoisotopic (exact) mass is 465 g/mol. The summed E-state index contributed by atoms with van der Waals surface area (Å²) in [5.41, 5.74) is 0.770. The number of anilines is 1. The van der Waals surface area contributed by atoms with E-state index in [1.807, 2.05) is 19.1 Å². The molecule has 0 aliphatic rings. The molecule has 170 valence electrons. The lowest BCUT2D eigenvalue weighted by Gasteiger charge is -2.14. The maximum atomic E-state index is 13.3. The first-order chi connectivity index (χ1) is 16.0. The number of nitrogens with one attached hydrogen (secondary N) is 1. The molecule has 0 atom stereocenters. The van der Waals surface area contributed by atoms with Crippen molar-refractivity contribution in [1.29, 1.82) is 0 Å². The van der Waals surface area contributed by atoms with E-state index in [2.05, 4.69) is 5.32 Å². The van der Waals surface area contributed by atoms with Gasteiger partial charge in [0.25, 0.3) is 5.56 Å². The first-order valence-corrected chi connectivity index (χ1v) is 11.2. The van der Waals surface area contributed by atoms with Gasteiger partial charge >= 0.3 is 5.69 Å². The van der Waals surface area contributed by atoms with Gasteiger partial charge in [-0.15, -0.1) is 11.3 Å². The predicted molar refractivity (Wildman–Crippen MR) is 129 cm³/mol. The summed E-state index contributed by atoms with van der Waals surface area (Å²) in [7, 11) is 1.54. The summed E-state index contributed by atoms with van der Waals surface area (Å²) in [6.07, 6.45) is 0. The molecule has 0 saturated heterocycles. The van der Waals surface area contributed by atoms with Gasteiger partial charge < -0.3 is 14.8 Å². The van der Waals surface area contributed by atoms with Crippen molar-refractivity contribution in [3.63, 3.8) is 0 Å². The van der Waals surface area contributed by atoms with E-state index in [-0.39, 0.29) is 24.6 Å². The van der Waals surface area contributed by atoms with Gasteiger partial charge in [-0.25, -0.2) is 4.79 Å². The molecule has 0 aliphatic carbocycles. The standard InChI is InChI=1S/C24H23N3O5S/c1-3-32-18-10-8-17(9-11-18)25-21(28)15-26-19-12-13-33-22(19)23(29)27(24(26)30)14-16-6-4-5-7-20(16)31-2/h4-13H,3,14-15H2,1-2H3,(H,25,28). The fourth-order valence-corrected chi connectivity index (χ4v) is 4.42. The van der Waals surface area contributed by atoms with Crippen molar-refractivity contribution in [2.45, 2.75) is 20.0 Å². The summed E-state index contributed by atoms with van der Waals surface area (Å²) < 4.78 is 13.6. The Labute approximate surface area is 193 Å². The van der Waals surface area contributed by atoms with E-state index in [1.165, 1.54) is 23.0 Å². The highest BCUT2D eigenvalue weighted by molar-refractivity contribution is 7.17. The minimum atomic E-state index is -0.557. The van der Waals surface area contributed by atoms with Crippen LogP contribution in [0.5, 0.6) is 11.5 Å². The van der Waals surface area contributed by atoms with Gasteiger partial charge in [-0.2, -0.15) is 0 Å². The smallest absolute Gasteiger partial charge is 0.332 e. The maximum absolute atomic E-state index is 13.3. The molecule has 1 amide bonds. The largest absolute Gasteiger partial charge is 0.496 e. The van der Waals surface area contributed by atoms with Gasteiger partial charge in [0, 0.05) is 11.3 Å². The Balaban J connectivity index is 1.66. The fraction of sp³-hybridized carbons (Fsp3) is 0.208. The average molecular weight is 466 g/mol. The lowest BCUT2D eigenvalue weighted by molar-refractivity contribution is -0.116. The van der Waals surface area contributed by atoms with Crippen LogP contribution in [0, 0.1) is 0 Å². The molecule has 0 radical (unpaired) electrons. The van der Waals surface area contributed by atoms with Crippen molar-refractivity contribution in [2.75, 3.05) is 19.0 Å². The number of aromatic nitrogens is 2. The zero-order chi connectivity index (χ0) is 23.4. The van der Waals surface area contributed by atoms with E-state index in [9.17, 15) is 14.4 Å². The van der Waals surface area contributed by atoms with Crippen LogP contribution in [0.3, 0.4) is 0 Å². The number of amides is 1. The number of fused-ring (bicyclic) bond motifs is 1. The molecule has 33 heavy (non-hydrogen) atoms. The molecule has 8 nitrogen and oxygen atoms in total. The predicted octanol–water partition coefficient (Wildman–Crippen LogP) is 3.32. The van der Waals surface area contributed by atoms with Gasteiger partial charge in [0.1, 0.15) is 22.7 Å². The third-order valence-corrected chi connectivity index (χ3v) is 6.00. The Morgan fingerprint density at radius 3 is 2.52 bits per heavy atom. The average Bonchev–Trinajstić information content (AvgIpc) is 3.31. The van der Waals surface area contributed by atoms with Crippen LogP contribution in [0.25, 0.3) is 10.2 Å². The third kappa shape index (κ3) is 4.68. The van der Waals surface area contributed by atoms with E-state index in [1.54, 1.807) is 47.8 Å². The van der Waals surface area contributed by atoms with Crippen molar-refractivity contribution in [2.24, 2.45) is 0 Å². The number of hydrogen-bond acceptors (Lipinski definition) is 6. The van der Waals surface area contributed by atoms with Crippen LogP contribution in [0.15, 0.2) is 69.6 Å². The van der Waals surface area contributed by atoms with E-state index < -0.39 is 5.69 Å². The van der Waals surface area contributed by atoms with E-state index in [0.717, 1.165) is 4.57 Å². The Kier molecular flexibility index (Phi) is 6.60. The highest BCUT2D eigenvalue weighted by Crippen LogP contribution is 2.20.